The Morgan fingerprint density at radius 2 is 2.00 bits per heavy atom. The van der Waals surface area contributed by atoms with Crippen molar-refractivity contribution >= 4 is 11.8 Å². The molecular formula is C14H25NO3. The number of rotatable bonds is 6. The molecule has 1 atom stereocenters. The molecule has 4 heteroatoms. The van der Waals surface area contributed by atoms with Gasteiger partial charge < -0.3 is 4.74 Å². The van der Waals surface area contributed by atoms with Crippen LogP contribution in [0, 0.1) is 0 Å². The van der Waals surface area contributed by atoms with E-state index < -0.39 is 0 Å². The standard InChI is InChI=1S/C14H25NO3/c1-4-6-13(14(17)18-5-2)15(3)11-7-9-12(16)10-8-11/h11,13H,4-10H2,1-3H3. The molecule has 4 nitrogen and oxygen atoms in total. The Labute approximate surface area is 110 Å². The molecule has 1 unspecified atom stereocenters. The molecule has 0 amide bonds. The van der Waals surface area contributed by atoms with Gasteiger partial charge in [-0.15, -0.1) is 0 Å². The summed E-state index contributed by atoms with van der Waals surface area (Å²) in [4.78, 5) is 25.3. The fourth-order valence-electron chi connectivity index (χ4n) is 2.59. The molecule has 0 N–H and O–H groups in total. The van der Waals surface area contributed by atoms with Crippen LogP contribution in [0.15, 0.2) is 0 Å². The van der Waals surface area contributed by atoms with Crippen LogP contribution < -0.4 is 0 Å². The van der Waals surface area contributed by atoms with Crippen molar-refractivity contribution in [2.45, 2.75) is 64.5 Å². The molecule has 0 bridgehead atoms. The first-order chi connectivity index (χ1) is 8.60. The van der Waals surface area contributed by atoms with Crippen molar-refractivity contribution in [1.82, 2.24) is 4.90 Å². The SMILES string of the molecule is CCCC(C(=O)OCC)N(C)C1CCC(=O)CC1. The summed E-state index contributed by atoms with van der Waals surface area (Å²) in [5.41, 5.74) is 0. The van der Waals surface area contributed by atoms with Gasteiger partial charge in [0.05, 0.1) is 6.61 Å². The Morgan fingerprint density at radius 1 is 1.39 bits per heavy atom. The monoisotopic (exact) mass is 255 g/mol. The van der Waals surface area contributed by atoms with E-state index in [2.05, 4.69) is 11.8 Å². The maximum Gasteiger partial charge on any atom is 0.323 e. The molecule has 1 aliphatic rings. The molecule has 0 aromatic heterocycles. The van der Waals surface area contributed by atoms with Crippen molar-refractivity contribution in [2.75, 3.05) is 13.7 Å². The Balaban J connectivity index is 2.60. The van der Waals surface area contributed by atoms with Crippen LogP contribution in [0.4, 0.5) is 0 Å². The number of carbonyl (C=O) groups is 2. The Hall–Kier alpha value is -0.900. The smallest absolute Gasteiger partial charge is 0.323 e. The van der Waals surface area contributed by atoms with Crippen LogP contribution in [0.25, 0.3) is 0 Å². The number of likely N-dealkylation sites (N-methyl/N-ethyl adjacent to an activating group) is 1. The van der Waals surface area contributed by atoms with Crippen molar-refractivity contribution in [2.24, 2.45) is 0 Å². The van der Waals surface area contributed by atoms with Crippen LogP contribution in [0.1, 0.15) is 52.4 Å². The van der Waals surface area contributed by atoms with E-state index in [9.17, 15) is 9.59 Å². The fraction of sp³-hybridized carbons (Fsp3) is 0.857. The predicted octanol–water partition coefficient (Wildman–Crippen LogP) is 2.16. The summed E-state index contributed by atoms with van der Waals surface area (Å²) < 4.78 is 5.14. The number of nitrogens with zero attached hydrogens (tertiary/aromatic N) is 1. The molecule has 0 aromatic rings. The van der Waals surface area contributed by atoms with Crippen molar-refractivity contribution in [1.29, 1.82) is 0 Å². The molecule has 0 saturated heterocycles. The van der Waals surface area contributed by atoms with Crippen LogP contribution in [-0.2, 0) is 14.3 Å². The van der Waals surface area contributed by atoms with Gasteiger partial charge in [-0.3, -0.25) is 14.5 Å². The lowest BCUT2D eigenvalue weighted by Gasteiger charge is -2.35. The third kappa shape index (κ3) is 4.09. The van der Waals surface area contributed by atoms with E-state index in [1.165, 1.54) is 0 Å². The predicted molar refractivity (Wildman–Crippen MR) is 70.4 cm³/mol. The van der Waals surface area contributed by atoms with Gasteiger partial charge in [0.15, 0.2) is 0 Å². The number of ether oxygens (including phenoxy) is 1. The average molecular weight is 255 g/mol. The second kappa shape index (κ2) is 7.52. The van der Waals surface area contributed by atoms with Gasteiger partial charge in [0.1, 0.15) is 11.8 Å². The molecule has 104 valence electrons. The Morgan fingerprint density at radius 3 is 2.50 bits per heavy atom. The lowest BCUT2D eigenvalue weighted by molar-refractivity contribution is -0.150. The number of esters is 1. The first kappa shape index (κ1) is 15.2. The zero-order valence-electron chi connectivity index (χ0n) is 11.8. The molecule has 1 rings (SSSR count). The third-order valence-corrected chi connectivity index (χ3v) is 3.70. The molecule has 0 heterocycles. The second-order valence-electron chi connectivity index (χ2n) is 4.99. The quantitative estimate of drug-likeness (QED) is 0.682. The molecule has 18 heavy (non-hydrogen) atoms. The van der Waals surface area contributed by atoms with E-state index in [0.29, 0.717) is 31.3 Å². The van der Waals surface area contributed by atoms with E-state index in [0.717, 1.165) is 25.7 Å². The van der Waals surface area contributed by atoms with E-state index in [-0.39, 0.29) is 12.0 Å². The first-order valence-electron chi connectivity index (χ1n) is 7.00. The average Bonchev–Trinajstić information content (AvgIpc) is 2.36. The van der Waals surface area contributed by atoms with E-state index in [4.69, 9.17) is 4.74 Å². The molecular weight excluding hydrogens is 230 g/mol. The van der Waals surface area contributed by atoms with Gasteiger partial charge in [-0.2, -0.15) is 0 Å². The second-order valence-corrected chi connectivity index (χ2v) is 4.99. The van der Waals surface area contributed by atoms with Crippen molar-refractivity contribution in [3.63, 3.8) is 0 Å². The summed E-state index contributed by atoms with van der Waals surface area (Å²) in [5, 5.41) is 0. The highest BCUT2D eigenvalue weighted by molar-refractivity contribution is 5.79. The summed E-state index contributed by atoms with van der Waals surface area (Å²) in [7, 11) is 1.98. The summed E-state index contributed by atoms with van der Waals surface area (Å²) in [6, 6.07) is 0.178. The Bertz CT molecular complexity index is 281. The van der Waals surface area contributed by atoms with Gasteiger partial charge in [-0.05, 0) is 33.2 Å². The molecule has 0 aromatic carbocycles. The molecule has 1 saturated carbocycles. The maximum absolute atomic E-state index is 12.0. The molecule has 0 aliphatic heterocycles. The van der Waals surface area contributed by atoms with Crippen LogP contribution in [0.3, 0.4) is 0 Å². The number of hydrogen-bond acceptors (Lipinski definition) is 4. The summed E-state index contributed by atoms with van der Waals surface area (Å²) >= 11 is 0. The maximum atomic E-state index is 12.0. The minimum absolute atomic E-state index is 0.126. The van der Waals surface area contributed by atoms with Crippen molar-refractivity contribution in [3.05, 3.63) is 0 Å². The molecule has 0 spiro atoms. The van der Waals surface area contributed by atoms with Crippen LogP contribution in [0.5, 0.6) is 0 Å². The topological polar surface area (TPSA) is 46.6 Å². The van der Waals surface area contributed by atoms with Crippen LogP contribution in [0.2, 0.25) is 0 Å². The lowest BCUT2D eigenvalue weighted by Crippen LogP contribution is -2.46. The minimum atomic E-state index is -0.159. The summed E-state index contributed by atoms with van der Waals surface area (Å²) in [6.07, 6.45) is 4.82. The van der Waals surface area contributed by atoms with Gasteiger partial charge in [0.2, 0.25) is 0 Å². The molecule has 1 aliphatic carbocycles. The number of Topliss-reactive ketones (excluding diaryl/α,β-unsaturated/α-hetero) is 1. The number of hydrogen-bond donors (Lipinski definition) is 0. The van der Waals surface area contributed by atoms with E-state index in [1.54, 1.807) is 0 Å². The van der Waals surface area contributed by atoms with Gasteiger partial charge in [-0.25, -0.2) is 0 Å². The van der Waals surface area contributed by atoms with Crippen molar-refractivity contribution in [3.8, 4) is 0 Å². The van der Waals surface area contributed by atoms with E-state index >= 15 is 0 Å². The van der Waals surface area contributed by atoms with Gasteiger partial charge in [0, 0.05) is 18.9 Å². The lowest BCUT2D eigenvalue weighted by atomic mass is 9.92. The highest BCUT2D eigenvalue weighted by atomic mass is 16.5. The van der Waals surface area contributed by atoms with Crippen LogP contribution in [-0.4, -0.2) is 42.4 Å². The molecule has 1 fully saturated rings. The highest BCUT2D eigenvalue weighted by Gasteiger charge is 2.31. The highest BCUT2D eigenvalue weighted by Crippen LogP contribution is 2.23. The largest absolute Gasteiger partial charge is 0.465 e. The van der Waals surface area contributed by atoms with Gasteiger partial charge in [0.25, 0.3) is 0 Å². The normalized spacial score (nSPS) is 19.0. The molecule has 0 radical (unpaired) electrons. The number of ketones is 1. The first-order valence-corrected chi connectivity index (χ1v) is 7.00. The van der Waals surface area contributed by atoms with Gasteiger partial charge in [-0.1, -0.05) is 13.3 Å². The van der Waals surface area contributed by atoms with Crippen LogP contribution >= 0.6 is 0 Å². The fourth-order valence-corrected chi connectivity index (χ4v) is 2.59. The van der Waals surface area contributed by atoms with Gasteiger partial charge >= 0.3 is 5.97 Å². The van der Waals surface area contributed by atoms with E-state index in [1.807, 2.05) is 14.0 Å². The summed E-state index contributed by atoms with van der Waals surface area (Å²) in [6.45, 7) is 4.33. The number of carbonyl (C=O) groups excluding carboxylic acids is 2. The minimum Gasteiger partial charge on any atom is -0.465 e. The summed E-state index contributed by atoms with van der Waals surface area (Å²) in [5.74, 6) is 0.224. The Kier molecular flexibility index (Phi) is 6.33. The zero-order chi connectivity index (χ0) is 13.5. The third-order valence-electron chi connectivity index (χ3n) is 3.70. The zero-order valence-corrected chi connectivity index (χ0v) is 11.8. The van der Waals surface area contributed by atoms with Crippen molar-refractivity contribution < 1.29 is 14.3 Å².